The largest absolute Gasteiger partial charge is 0.497 e. The summed E-state index contributed by atoms with van der Waals surface area (Å²) in [7, 11) is 3.84. The van der Waals surface area contributed by atoms with Gasteiger partial charge < -0.3 is 9.30 Å². The molecule has 3 heteroatoms. The van der Waals surface area contributed by atoms with Crippen LogP contribution < -0.4 is 4.74 Å². The molecule has 104 valence electrons. The van der Waals surface area contributed by atoms with Gasteiger partial charge >= 0.3 is 0 Å². The minimum atomic E-state index is 0.892. The highest BCUT2D eigenvalue weighted by Gasteiger charge is 2.14. The van der Waals surface area contributed by atoms with Gasteiger partial charge in [0.25, 0.3) is 0 Å². The third-order valence-electron chi connectivity index (χ3n) is 4.01. The second-order valence-electron chi connectivity index (χ2n) is 5.13. The zero-order valence-electron chi connectivity index (χ0n) is 12.0. The molecule has 0 aliphatic rings. The molecule has 2 nitrogen and oxygen atoms in total. The van der Waals surface area contributed by atoms with Gasteiger partial charge in [0.05, 0.1) is 17.5 Å². The maximum absolute atomic E-state index is 5.24. The van der Waals surface area contributed by atoms with E-state index in [1.807, 2.05) is 12.1 Å². The third kappa shape index (κ3) is 1.78. The maximum Gasteiger partial charge on any atom is 0.118 e. The molecular formula is C18H15NOS. The summed E-state index contributed by atoms with van der Waals surface area (Å²) >= 11 is 1.80. The van der Waals surface area contributed by atoms with Crippen molar-refractivity contribution < 1.29 is 4.74 Å². The minimum Gasteiger partial charge on any atom is -0.497 e. The Hall–Kier alpha value is -2.26. The van der Waals surface area contributed by atoms with E-state index < -0.39 is 0 Å². The Morgan fingerprint density at radius 2 is 1.71 bits per heavy atom. The van der Waals surface area contributed by atoms with E-state index in [9.17, 15) is 0 Å². The van der Waals surface area contributed by atoms with Gasteiger partial charge in [0.1, 0.15) is 5.75 Å². The molecule has 4 aromatic rings. The summed E-state index contributed by atoms with van der Waals surface area (Å²) in [5.41, 5.74) is 3.83. The Balaban J connectivity index is 2.00. The first-order chi connectivity index (χ1) is 10.3. The van der Waals surface area contributed by atoms with Crippen LogP contribution in [0.5, 0.6) is 5.75 Å². The van der Waals surface area contributed by atoms with E-state index in [2.05, 4.69) is 53.4 Å². The summed E-state index contributed by atoms with van der Waals surface area (Å²) in [5.74, 6) is 0.892. The van der Waals surface area contributed by atoms with Crippen LogP contribution in [0.3, 0.4) is 0 Å². The second-order valence-corrected chi connectivity index (χ2v) is 6.01. The summed E-state index contributed by atoms with van der Waals surface area (Å²) < 4.78 is 7.54. The van der Waals surface area contributed by atoms with E-state index in [-0.39, 0.29) is 0 Å². The maximum atomic E-state index is 5.24. The van der Waals surface area contributed by atoms with Gasteiger partial charge in [-0.2, -0.15) is 0 Å². The lowest BCUT2D eigenvalue weighted by Crippen LogP contribution is -1.87. The van der Waals surface area contributed by atoms with E-state index in [0.717, 1.165) is 5.75 Å². The Morgan fingerprint density at radius 3 is 2.48 bits per heavy atom. The minimum absolute atomic E-state index is 0.892. The van der Waals surface area contributed by atoms with Gasteiger partial charge in [-0.1, -0.05) is 18.2 Å². The number of fused-ring (bicyclic) bond motifs is 3. The molecule has 0 aliphatic heterocycles. The van der Waals surface area contributed by atoms with Crippen molar-refractivity contribution in [3.63, 3.8) is 0 Å². The molecule has 0 unspecified atom stereocenters. The van der Waals surface area contributed by atoms with Gasteiger partial charge in [-0.3, -0.25) is 0 Å². The monoisotopic (exact) mass is 293 g/mol. The predicted octanol–water partition coefficient (Wildman–Crippen LogP) is 5.07. The fraction of sp³-hybridized carbons (Fsp3) is 0.111. The number of hydrogen-bond donors (Lipinski definition) is 0. The molecule has 0 atom stereocenters. The van der Waals surface area contributed by atoms with Crippen LogP contribution in [0.2, 0.25) is 0 Å². The number of thiophene rings is 1. The number of aromatic nitrogens is 1. The molecule has 4 rings (SSSR count). The molecule has 0 radical (unpaired) electrons. The molecule has 0 spiro atoms. The lowest BCUT2D eigenvalue weighted by molar-refractivity contribution is 0.415. The molecule has 21 heavy (non-hydrogen) atoms. The van der Waals surface area contributed by atoms with Crippen molar-refractivity contribution in [2.75, 3.05) is 7.11 Å². The van der Waals surface area contributed by atoms with Crippen LogP contribution in [-0.2, 0) is 7.05 Å². The smallest absolute Gasteiger partial charge is 0.118 e. The highest BCUT2D eigenvalue weighted by molar-refractivity contribution is 7.15. The summed E-state index contributed by atoms with van der Waals surface area (Å²) in [6.07, 6.45) is 0. The average Bonchev–Trinajstić information content (AvgIpc) is 3.09. The first kappa shape index (κ1) is 12.5. The van der Waals surface area contributed by atoms with E-state index in [1.165, 1.54) is 32.2 Å². The van der Waals surface area contributed by atoms with Gasteiger partial charge in [-0.15, -0.1) is 11.3 Å². The topological polar surface area (TPSA) is 14.2 Å². The van der Waals surface area contributed by atoms with Gasteiger partial charge in [0.2, 0.25) is 0 Å². The van der Waals surface area contributed by atoms with E-state index in [4.69, 9.17) is 4.74 Å². The van der Waals surface area contributed by atoms with Gasteiger partial charge in [0, 0.05) is 28.7 Å². The molecule has 0 saturated heterocycles. The molecule has 2 heterocycles. The Bertz CT molecular complexity index is 931. The zero-order chi connectivity index (χ0) is 14.4. The van der Waals surface area contributed by atoms with Crippen molar-refractivity contribution in [2.24, 2.45) is 7.05 Å². The molecule has 0 amide bonds. The highest BCUT2D eigenvalue weighted by atomic mass is 32.1. The van der Waals surface area contributed by atoms with Crippen LogP contribution in [0.25, 0.3) is 32.2 Å². The van der Waals surface area contributed by atoms with Crippen LogP contribution in [-0.4, -0.2) is 11.7 Å². The number of benzene rings is 2. The molecule has 0 aliphatic carbocycles. The number of para-hydroxylation sites is 1. The molecule has 2 aromatic heterocycles. The Labute approximate surface area is 127 Å². The summed E-state index contributed by atoms with van der Waals surface area (Å²) in [4.78, 5) is 1.31. The second kappa shape index (κ2) is 4.64. The van der Waals surface area contributed by atoms with Gasteiger partial charge in [0.15, 0.2) is 0 Å². The number of methoxy groups -OCH3 is 1. The molecule has 0 N–H and O–H groups in total. The van der Waals surface area contributed by atoms with Gasteiger partial charge in [-0.25, -0.2) is 0 Å². The molecule has 2 aromatic carbocycles. The third-order valence-corrected chi connectivity index (χ3v) is 5.03. The van der Waals surface area contributed by atoms with E-state index in [1.54, 1.807) is 18.4 Å². The van der Waals surface area contributed by atoms with Crippen LogP contribution in [0.1, 0.15) is 0 Å². The number of aryl methyl sites for hydroxylation is 1. The predicted molar refractivity (Wildman–Crippen MR) is 90.3 cm³/mol. The number of hydrogen-bond acceptors (Lipinski definition) is 2. The van der Waals surface area contributed by atoms with Crippen molar-refractivity contribution in [3.05, 3.63) is 53.9 Å². The molecule has 0 fully saturated rings. The average molecular weight is 293 g/mol. The number of nitrogens with zero attached hydrogens (tertiary/aromatic N) is 1. The molecule has 0 saturated carbocycles. The quantitative estimate of drug-likeness (QED) is 0.503. The Morgan fingerprint density at radius 1 is 0.952 bits per heavy atom. The highest BCUT2D eigenvalue weighted by Crippen LogP contribution is 2.40. The lowest BCUT2D eigenvalue weighted by atomic mass is 10.1. The van der Waals surface area contributed by atoms with Crippen LogP contribution >= 0.6 is 11.3 Å². The normalized spacial score (nSPS) is 11.3. The van der Waals surface area contributed by atoms with Crippen LogP contribution in [0.15, 0.2) is 53.9 Å². The number of rotatable bonds is 2. The van der Waals surface area contributed by atoms with Crippen molar-refractivity contribution in [3.8, 4) is 16.2 Å². The van der Waals surface area contributed by atoms with Crippen molar-refractivity contribution in [1.29, 1.82) is 0 Å². The first-order valence-electron chi connectivity index (χ1n) is 6.88. The molecular weight excluding hydrogens is 278 g/mol. The summed E-state index contributed by atoms with van der Waals surface area (Å²) in [5, 5.41) is 4.92. The zero-order valence-corrected chi connectivity index (χ0v) is 12.8. The van der Waals surface area contributed by atoms with Crippen LogP contribution in [0.4, 0.5) is 0 Å². The SMILES string of the molecule is COc1ccc(-c2scc3c4ccccc4n(C)c23)cc1. The summed E-state index contributed by atoms with van der Waals surface area (Å²) in [6, 6.07) is 16.9. The number of ether oxygens (including phenoxy) is 1. The standard InChI is InChI=1S/C18H15NOS/c1-19-16-6-4-3-5-14(16)15-11-21-18(17(15)19)12-7-9-13(20-2)10-8-12/h3-11H,1-2H3. The summed E-state index contributed by atoms with van der Waals surface area (Å²) in [6.45, 7) is 0. The Kier molecular flexibility index (Phi) is 2.76. The van der Waals surface area contributed by atoms with Crippen molar-refractivity contribution in [1.82, 2.24) is 4.57 Å². The lowest BCUT2D eigenvalue weighted by Gasteiger charge is -2.04. The molecule has 0 bridgehead atoms. The fourth-order valence-electron chi connectivity index (χ4n) is 2.94. The van der Waals surface area contributed by atoms with E-state index in [0.29, 0.717) is 0 Å². The van der Waals surface area contributed by atoms with Crippen molar-refractivity contribution >= 4 is 33.1 Å². The van der Waals surface area contributed by atoms with E-state index >= 15 is 0 Å². The van der Waals surface area contributed by atoms with Crippen LogP contribution in [0, 0.1) is 0 Å². The van der Waals surface area contributed by atoms with Gasteiger partial charge in [-0.05, 0) is 35.9 Å². The fourth-order valence-corrected chi connectivity index (χ4v) is 4.04. The van der Waals surface area contributed by atoms with Crippen molar-refractivity contribution in [2.45, 2.75) is 0 Å². The first-order valence-corrected chi connectivity index (χ1v) is 7.76.